The Kier molecular flexibility index (Phi) is 4.08. The third-order valence-corrected chi connectivity index (χ3v) is 5.72. The van der Waals surface area contributed by atoms with E-state index < -0.39 is 6.09 Å². The first-order chi connectivity index (χ1) is 11.6. The maximum atomic E-state index is 13.7. The van der Waals surface area contributed by atoms with E-state index in [1.165, 1.54) is 18.4 Å². The summed E-state index contributed by atoms with van der Waals surface area (Å²) in [5, 5.41) is 9.12. The average molecular weight is 333 g/mol. The first-order valence-corrected chi connectivity index (χ1v) is 8.84. The molecule has 6 heteroatoms. The van der Waals surface area contributed by atoms with Crippen LogP contribution in [0.3, 0.4) is 0 Å². The van der Waals surface area contributed by atoms with Crippen LogP contribution in [0.1, 0.15) is 18.4 Å². The Morgan fingerprint density at radius 3 is 2.42 bits per heavy atom. The lowest BCUT2D eigenvalue weighted by Gasteiger charge is -2.25. The van der Waals surface area contributed by atoms with Crippen molar-refractivity contribution in [3.63, 3.8) is 0 Å². The fourth-order valence-corrected chi connectivity index (χ4v) is 4.54. The predicted molar refractivity (Wildman–Crippen MR) is 89.7 cm³/mol. The average Bonchev–Trinajstić information content (AvgIpc) is 3.24. The SMILES string of the molecule is O=C(O)N1CC2CN(Cc3ccc(F)cc3N3CCCC3)CC2C1. The molecule has 3 aliphatic heterocycles. The molecular formula is C18H24FN3O2. The van der Waals surface area contributed by atoms with Gasteiger partial charge in [0, 0.05) is 51.5 Å². The number of rotatable bonds is 3. The highest BCUT2D eigenvalue weighted by molar-refractivity contribution is 5.65. The van der Waals surface area contributed by atoms with Crippen LogP contribution >= 0.6 is 0 Å². The number of hydrogen-bond donors (Lipinski definition) is 1. The van der Waals surface area contributed by atoms with Gasteiger partial charge in [-0.05, 0) is 42.4 Å². The minimum atomic E-state index is -0.800. The molecule has 24 heavy (non-hydrogen) atoms. The number of carboxylic acid groups (broad SMARTS) is 1. The number of halogens is 1. The van der Waals surface area contributed by atoms with Crippen molar-refractivity contribution in [1.29, 1.82) is 0 Å². The summed E-state index contributed by atoms with van der Waals surface area (Å²) in [5.74, 6) is 0.713. The quantitative estimate of drug-likeness (QED) is 0.923. The summed E-state index contributed by atoms with van der Waals surface area (Å²) in [6.07, 6.45) is 1.55. The zero-order valence-electron chi connectivity index (χ0n) is 13.8. The molecule has 0 bridgehead atoms. The second kappa shape index (κ2) is 6.24. The molecule has 0 aliphatic carbocycles. The number of benzene rings is 1. The first kappa shape index (κ1) is 15.7. The molecule has 0 spiro atoms. The molecule has 1 N–H and O–H groups in total. The van der Waals surface area contributed by atoms with Gasteiger partial charge in [0.1, 0.15) is 5.82 Å². The van der Waals surface area contributed by atoms with Crippen LogP contribution in [-0.4, -0.2) is 60.3 Å². The van der Waals surface area contributed by atoms with E-state index in [0.717, 1.165) is 38.4 Å². The predicted octanol–water partition coefficient (Wildman–Crippen LogP) is 2.47. The van der Waals surface area contributed by atoms with Crippen molar-refractivity contribution in [2.24, 2.45) is 11.8 Å². The Hall–Kier alpha value is -1.82. The van der Waals surface area contributed by atoms with Crippen LogP contribution in [0.5, 0.6) is 0 Å². The molecule has 0 radical (unpaired) electrons. The fraction of sp³-hybridized carbons (Fsp3) is 0.611. The van der Waals surface area contributed by atoms with E-state index in [0.29, 0.717) is 24.9 Å². The van der Waals surface area contributed by atoms with E-state index in [1.807, 2.05) is 6.07 Å². The minimum Gasteiger partial charge on any atom is -0.465 e. The Balaban J connectivity index is 1.45. The molecule has 1 amide bonds. The molecule has 0 aromatic heterocycles. The van der Waals surface area contributed by atoms with E-state index in [1.54, 1.807) is 17.0 Å². The molecule has 3 fully saturated rings. The fourth-order valence-electron chi connectivity index (χ4n) is 4.54. The maximum Gasteiger partial charge on any atom is 0.407 e. The van der Waals surface area contributed by atoms with Crippen molar-refractivity contribution in [3.05, 3.63) is 29.6 Å². The topological polar surface area (TPSA) is 47.0 Å². The second-order valence-electron chi connectivity index (χ2n) is 7.37. The van der Waals surface area contributed by atoms with Gasteiger partial charge in [-0.2, -0.15) is 0 Å². The van der Waals surface area contributed by atoms with Crippen molar-refractivity contribution in [3.8, 4) is 0 Å². The summed E-state index contributed by atoms with van der Waals surface area (Å²) in [6.45, 7) is 6.02. The molecule has 5 nitrogen and oxygen atoms in total. The Labute approximate surface area is 141 Å². The standard InChI is InChI=1S/C18H24FN3O2/c19-16-4-3-13(17(7-16)21-5-1-2-6-21)8-20-9-14-11-22(18(23)24)12-15(14)10-20/h3-4,7,14-15H,1-2,5-6,8-12H2,(H,23,24). The second-order valence-corrected chi connectivity index (χ2v) is 7.37. The van der Waals surface area contributed by atoms with Crippen molar-refractivity contribution in [2.45, 2.75) is 19.4 Å². The summed E-state index contributed by atoms with van der Waals surface area (Å²) < 4.78 is 13.7. The van der Waals surface area contributed by atoms with Gasteiger partial charge in [-0.15, -0.1) is 0 Å². The third kappa shape index (κ3) is 2.95. The lowest BCUT2D eigenvalue weighted by atomic mass is 10.0. The van der Waals surface area contributed by atoms with Gasteiger partial charge in [0.15, 0.2) is 0 Å². The molecule has 3 aliphatic rings. The lowest BCUT2D eigenvalue weighted by molar-refractivity contribution is 0.148. The smallest absolute Gasteiger partial charge is 0.407 e. The molecule has 1 aromatic rings. The molecule has 0 saturated carbocycles. The zero-order chi connectivity index (χ0) is 16.7. The van der Waals surface area contributed by atoms with E-state index in [4.69, 9.17) is 5.11 Å². The molecule has 3 saturated heterocycles. The van der Waals surface area contributed by atoms with Crippen LogP contribution in [-0.2, 0) is 6.54 Å². The Morgan fingerprint density at radius 1 is 1.12 bits per heavy atom. The van der Waals surface area contributed by atoms with Gasteiger partial charge < -0.3 is 14.9 Å². The number of nitrogens with zero attached hydrogens (tertiary/aromatic N) is 3. The first-order valence-electron chi connectivity index (χ1n) is 8.84. The van der Waals surface area contributed by atoms with E-state index in [2.05, 4.69) is 9.80 Å². The summed E-state index contributed by atoms with van der Waals surface area (Å²) in [7, 11) is 0. The number of carbonyl (C=O) groups is 1. The van der Waals surface area contributed by atoms with E-state index in [-0.39, 0.29) is 5.82 Å². The summed E-state index contributed by atoms with van der Waals surface area (Å²) in [4.78, 5) is 17.3. The number of fused-ring (bicyclic) bond motifs is 1. The van der Waals surface area contributed by atoms with Crippen molar-refractivity contribution >= 4 is 11.8 Å². The van der Waals surface area contributed by atoms with Crippen molar-refractivity contribution in [2.75, 3.05) is 44.2 Å². The Bertz CT molecular complexity index is 619. The number of likely N-dealkylation sites (tertiary alicyclic amines) is 2. The molecule has 2 atom stereocenters. The zero-order valence-corrected chi connectivity index (χ0v) is 13.8. The molecule has 3 heterocycles. The monoisotopic (exact) mass is 333 g/mol. The molecule has 1 aromatic carbocycles. The maximum absolute atomic E-state index is 13.7. The van der Waals surface area contributed by atoms with Gasteiger partial charge in [-0.1, -0.05) is 6.07 Å². The lowest BCUT2D eigenvalue weighted by Crippen LogP contribution is -2.32. The normalized spacial score (nSPS) is 27.0. The van der Waals surface area contributed by atoms with Crippen molar-refractivity contribution in [1.82, 2.24) is 9.80 Å². The van der Waals surface area contributed by atoms with Crippen LogP contribution in [0.2, 0.25) is 0 Å². The van der Waals surface area contributed by atoms with Gasteiger partial charge in [0.2, 0.25) is 0 Å². The number of hydrogen-bond acceptors (Lipinski definition) is 3. The highest BCUT2D eigenvalue weighted by Crippen LogP contribution is 2.34. The largest absolute Gasteiger partial charge is 0.465 e. The van der Waals surface area contributed by atoms with Gasteiger partial charge in [-0.25, -0.2) is 9.18 Å². The van der Waals surface area contributed by atoms with Crippen LogP contribution in [0.25, 0.3) is 0 Å². The van der Waals surface area contributed by atoms with Gasteiger partial charge >= 0.3 is 6.09 Å². The van der Waals surface area contributed by atoms with Crippen LogP contribution < -0.4 is 4.90 Å². The number of anilines is 1. The van der Waals surface area contributed by atoms with E-state index in [9.17, 15) is 9.18 Å². The molecule has 2 unspecified atom stereocenters. The van der Waals surface area contributed by atoms with Crippen LogP contribution in [0.15, 0.2) is 18.2 Å². The molecular weight excluding hydrogens is 309 g/mol. The number of amides is 1. The van der Waals surface area contributed by atoms with Gasteiger partial charge in [0.05, 0.1) is 0 Å². The van der Waals surface area contributed by atoms with Crippen molar-refractivity contribution < 1.29 is 14.3 Å². The summed E-state index contributed by atoms with van der Waals surface area (Å²) in [6, 6.07) is 5.14. The van der Waals surface area contributed by atoms with Crippen LogP contribution in [0.4, 0.5) is 14.9 Å². The minimum absolute atomic E-state index is 0.170. The third-order valence-electron chi connectivity index (χ3n) is 5.72. The highest BCUT2D eigenvalue weighted by atomic mass is 19.1. The van der Waals surface area contributed by atoms with Crippen LogP contribution in [0, 0.1) is 17.7 Å². The van der Waals surface area contributed by atoms with Gasteiger partial charge in [-0.3, -0.25) is 4.90 Å². The summed E-state index contributed by atoms with van der Waals surface area (Å²) in [5.41, 5.74) is 2.23. The highest BCUT2D eigenvalue weighted by Gasteiger charge is 2.41. The Morgan fingerprint density at radius 2 is 1.79 bits per heavy atom. The van der Waals surface area contributed by atoms with E-state index >= 15 is 0 Å². The van der Waals surface area contributed by atoms with Gasteiger partial charge in [0.25, 0.3) is 0 Å². The molecule has 130 valence electrons. The summed E-state index contributed by atoms with van der Waals surface area (Å²) >= 11 is 0. The molecule has 4 rings (SSSR count).